The van der Waals surface area contributed by atoms with Crippen LogP contribution < -0.4 is 0 Å². The van der Waals surface area contributed by atoms with E-state index < -0.39 is 11.7 Å². The van der Waals surface area contributed by atoms with Crippen molar-refractivity contribution in [2.45, 2.75) is 24.9 Å². The molecule has 1 aliphatic carbocycles. The minimum atomic E-state index is -4.43. The van der Waals surface area contributed by atoms with E-state index in [0.717, 1.165) is 18.9 Å². The molecule has 1 fully saturated rings. The molecule has 0 saturated heterocycles. The van der Waals surface area contributed by atoms with E-state index >= 15 is 0 Å². The molecule has 0 atom stereocenters. The first-order chi connectivity index (χ1) is 7.02. The maximum absolute atomic E-state index is 12.5. The van der Waals surface area contributed by atoms with Gasteiger partial charge in [-0.1, -0.05) is 6.07 Å². The average molecular weight is 211 g/mol. The lowest BCUT2D eigenvalue weighted by molar-refractivity contribution is -0.137. The van der Waals surface area contributed by atoms with Gasteiger partial charge in [0.15, 0.2) is 0 Å². The highest BCUT2D eigenvalue weighted by atomic mass is 19.4. The number of alkyl halides is 3. The van der Waals surface area contributed by atoms with Gasteiger partial charge in [-0.25, -0.2) is 0 Å². The monoisotopic (exact) mass is 211 g/mol. The lowest BCUT2D eigenvalue weighted by atomic mass is 10.0. The smallest absolute Gasteiger partial charge is 0.192 e. The topological polar surface area (TPSA) is 23.8 Å². The molecule has 1 nitrogen and oxygen atoms in total. The van der Waals surface area contributed by atoms with Crippen molar-refractivity contribution in [1.29, 1.82) is 5.26 Å². The Morgan fingerprint density at radius 1 is 1.27 bits per heavy atom. The van der Waals surface area contributed by atoms with Gasteiger partial charge in [-0.05, 0) is 36.5 Å². The van der Waals surface area contributed by atoms with Crippen molar-refractivity contribution in [1.82, 2.24) is 0 Å². The summed E-state index contributed by atoms with van der Waals surface area (Å²) >= 11 is 0. The van der Waals surface area contributed by atoms with E-state index in [4.69, 9.17) is 5.26 Å². The molecule has 2 rings (SSSR count). The molecule has 0 spiro atoms. The predicted molar refractivity (Wildman–Crippen MR) is 48.1 cm³/mol. The Hall–Kier alpha value is -1.50. The summed E-state index contributed by atoms with van der Waals surface area (Å²) in [5, 5.41) is 8.58. The SMILES string of the molecule is N#Cc1ccc(C2CC2)cc1C(F)(F)F. The minimum absolute atomic E-state index is 0.263. The summed E-state index contributed by atoms with van der Waals surface area (Å²) < 4.78 is 37.6. The molecule has 15 heavy (non-hydrogen) atoms. The highest BCUT2D eigenvalue weighted by Gasteiger charge is 2.35. The van der Waals surface area contributed by atoms with Gasteiger partial charge in [0.2, 0.25) is 0 Å². The fourth-order valence-corrected chi connectivity index (χ4v) is 1.56. The third-order valence-corrected chi connectivity index (χ3v) is 2.52. The Balaban J connectivity index is 2.48. The van der Waals surface area contributed by atoms with Crippen LogP contribution in [0.4, 0.5) is 13.2 Å². The Labute approximate surface area is 85.1 Å². The summed E-state index contributed by atoms with van der Waals surface area (Å²) in [4.78, 5) is 0. The molecule has 0 aromatic heterocycles. The van der Waals surface area contributed by atoms with Crippen LogP contribution in [0.15, 0.2) is 18.2 Å². The molecule has 0 unspecified atom stereocenters. The zero-order valence-corrected chi connectivity index (χ0v) is 7.80. The van der Waals surface area contributed by atoms with Crippen molar-refractivity contribution >= 4 is 0 Å². The normalized spacial score (nSPS) is 16.1. The number of nitriles is 1. The van der Waals surface area contributed by atoms with Gasteiger partial charge in [-0.15, -0.1) is 0 Å². The van der Waals surface area contributed by atoms with Crippen LogP contribution in [0.1, 0.15) is 35.4 Å². The lowest BCUT2D eigenvalue weighted by Crippen LogP contribution is -2.08. The van der Waals surface area contributed by atoms with Crippen molar-refractivity contribution in [3.05, 3.63) is 34.9 Å². The minimum Gasteiger partial charge on any atom is -0.192 e. The molecule has 0 N–H and O–H groups in total. The van der Waals surface area contributed by atoms with Crippen LogP contribution in [-0.2, 0) is 6.18 Å². The fourth-order valence-electron chi connectivity index (χ4n) is 1.56. The zero-order chi connectivity index (χ0) is 11.1. The van der Waals surface area contributed by atoms with E-state index in [1.165, 1.54) is 6.07 Å². The standard InChI is InChI=1S/C11H8F3N/c12-11(13,14)10-5-8(7-1-2-7)3-4-9(10)6-15/h3-5,7H,1-2H2. The van der Waals surface area contributed by atoms with Crippen LogP contribution in [0.2, 0.25) is 0 Å². The number of rotatable bonds is 1. The second-order valence-corrected chi connectivity index (χ2v) is 3.69. The maximum atomic E-state index is 12.5. The first-order valence-corrected chi connectivity index (χ1v) is 4.63. The summed E-state index contributed by atoms with van der Waals surface area (Å²) in [5.74, 6) is 0.263. The van der Waals surface area contributed by atoms with Crippen molar-refractivity contribution in [3.63, 3.8) is 0 Å². The summed E-state index contributed by atoms with van der Waals surface area (Å²) in [6, 6.07) is 5.55. The summed E-state index contributed by atoms with van der Waals surface area (Å²) in [6.07, 6.45) is -2.54. The zero-order valence-electron chi connectivity index (χ0n) is 7.80. The fraction of sp³-hybridized carbons (Fsp3) is 0.364. The molecule has 0 aliphatic heterocycles. The van der Waals surface area contributed by atoms with Gasteiger partial charge >= 0.3 is 6.18 Å². The lowest BCUT2D eigenvalue weighted by Gasteiger charge is -2.10. The van der Waals surface area contributed by atoms with Crippen molar-refractivity contribution < 1.29 is 13.2 Å². The molecule has 0 radical (unpaired) electrons. The van der Waals surface area contributed by atoms with Crippen LogP contribution in [0, 0.1) is 11.3 Å². The van der Waals surface area contributed by atoms with Crippen LogP contribution in [0.3, 0.4) is 0 Å². The molecule has 4 heteroatoms. The van der Waals surface area contributed by atoms with Crippen LogP contribution in [0.5, 0.6) is 0 Å². The van der Waals surface area contributed by atoms with Crippen LogP contribution >= 0.6 is 0 Å². The largest absolute Gasteiger partial charge is 0.417 e. The molecular weight excluding hydrogens is 203 g/mol. The highest BCUT2D eigenvalue weighted by molar-refractivity contribution is 5.43. The van der Waals surface area contributed by atoms with E-state index in [2.05, 4.69) is 0 Å². The molecule has 0 heterocycles. The van der Waals surface area contributed by atoms with Gasteiger partial charge in [-0.3, -0.25) is 0 Å². The highest BCUT2D eigenvalue weighted by Crippen LogP contribution is 2.42. The van der Waals surface area contributed by atoms with Gasteiger partial charge in [0.05, 0.1) is 17.2 Å². The third-order valence-electron chi connectivity index (χ3n) is 2.52. The molecule has 1 aliphatic rings. The van der Waals surface area contributed by atoms with Gasteiger partial charge in [-0.2, -0.15) is 18.4 Å². The summed E-state index contributed by atoms with van der Waals surface area (Å²) in [5.41, 5.74) is -0.414. The summed E-state index contributed by atoms with van der Waals surface area (Å²) in [7, 11) is 0. The molecule has 0 bridgehead atoms. The number of halogens is 3. The quantitative estimate of drug-likeness (QED) is 0.697. The number of benzene rings is 1. The Bertz CT molecular complexity index is 424. The van der Waals surface area contributed by atoms with Crippen LogP contribution in [-0.4, -0.2) is 0 Å². The van der Waals surface area contributed by atoms with E-state index in [9.17, 15) is 13.2 Å². The van der Waals surface area contributed by atoms with Crippen LogP contribution in [0.25, 0.3) is 0 Å². The average Bonchev–Trinajstić information content (AvgIpc) is 2.98. The Morgan fingerprint density at radius 2 is 1.93 bits per heavy atom. The van der Waals surface area contributed by atoms with E-state index in [1.54, 1.807) is 12.1 Å². The van der Waals surface area contributed by atoms with Gasteiger partial charge in [0, 0.05) is 0 Å². The third kappa shape index (κ3) is 1.96. The molecule has 0 amide bonds. The first kappa shape index (κ1) is 10.0. The molecule has 1 aromatic rings. The molecule has 1 aromatic carbocycles. The number of nitrogens with zero attached hydrogens (tertiary/aromatic N) is 1. The predicted octanol–water partition coefficient (Wildman–Crippen LogP) is 3.45. The van der Waals surface area contributed by atoms with Gasteiger partial charge < -0.3 is 0 Å². The van der Waals surface area contributed by atoms with E-state index in [1.807, 2.05) is 0 Å². The second-order valence-electron chi connectivity index (χ2n) is 3.69. The first-order valence-electron chi connectivity index (χ1n) is 4.63. The van der Waals surface area contributed by atoms with Crippen molar-refractivity contribution in [2.75, 3.05) is 0 Å². The van der Waals surface area contributed by atoms with E-state index in [0.29, 0.717) is 5.56 Å². The van der Waals surface area contributed by atoms with Crippen molar-refractivity contribution in [2.24, 2.45) is 0 Å². The molecule has 1 saturated carbocycles. The number of hydrogen-bond donors (Lipinski definition) is 0. The summed E-state index contributed by atoms with van der Waals surface area (Å²) in [6.45, 7) is 0. The Morgan fingerprint density at radius 3 is 2.40 bits per heavy atom. The maximum Gasteiger partial charge on any atom is 0.417 e. The van der Waals surface area contributed by atoms with E-state index in [-0.39, 0.29) is 11.5 Å². The molecular formula is C11H8F3N. The van der Waals surface area contributed by atoms with Gasteiger partial charge in [0.1, 0.15) is 0 Å². The Kier molecular flexibility index (Phi) is 2.18. The molecule has 78 valence electrons. The number of hydrogen-bond acceptors (Lipinski definition) is 1. The van der Waals surface area contributed by atoms with Gasteiger partial charge in [0.25, 0.3) is 0 Å². The van der Waals surface area contributed by atoms with Crippen molar-refractivity contribution in [3.8, 4) is 6.07 Å². The second kappa shape index (κ2) is 3.27.